The summed E-state index contributed by atoms with van der Waals surface area (Å²) in [5, 5.41) is 10.0. The van der Waals surface area contributed by atoms with Crippen LogP contribution in [-0.4, -0.2) is 44.3 Å². The van der Waals surface area contributed by atoms with Gasteiger partial charge in [0.05, 0.1) is 23.9 Å². The van der Waals surface area contributed by atoms with Crippen LogP contribution in [-0.2, 0) is 6.61 Å². The van der Waals surface area contributed by atoms with Crippen LogP contribution in [0.5, 0.6) is 11.6 Å². The van der Waals surface area contributed by atoms with Gasteiger partial charge in [0.25, 0.3) is 5.88 Å². The predicted octanol–water partition coefficient (Wildman–Crippen LogP) is 3.14. The van der Waals surface area contributed by atoms with Crippen LogP contribution in [0.25, 0.3) is 0 Å². The lowest BCUT2D eigenvalue weighted by Gasteiger charge is -2.30. The third-order valence-corrected chi connectivity index (χ3v) is 5.54. The highest BCUT2D eigenvalue weighted by Crippen LogP contribution is 2.41. The zero-order valence-corrected chi connectivity index (χ0v) is 15.0. The van der Waals surface area contributed by atoms with Gasteiger partial charge in [-0.2, -0.15) is 4.37 Å². The largest absolute Gasteiger partial charge is 0.573 e. The van der Waals surface area contributed by atoms with Crippen LogP contribution < -0.4 is 9.47 Å². The lowest BCUT2D eigenvalue weighted by molar-refractivity contribution is -0.274. The van der Waals surface area contributed by atoms with E-state index in [1.54, 1.807) is 0 Å². The molecule has 0 radical (unpaired) electrons. The Balaban J connectivity index is 1.39. The van der Waals surface area contributed by atoms with Crippen molar-refractivity contribution in [2.24, 2.45) is 5.92 Å². The Morgan fingerprint density at radius 3 is 2.67 bits per heavy atom. The molecule has 27 heavy (non-hydrogen) atoms. The number of alkyl halides is 3. The number of aliphatic hydroxyl groups excluding tert-OH is 1. The first-order valence-electron chi connectivity index (χ1n) is 8.61. The number of halogens is 3. The maximum absolute atomic E-state index is 12.2. The number of nitrogens with zero attached hydrogens (tertiary/aromatic N) is 3. The Bertz CT molecular complexity index is 782. The summed E-state index contributed by atoms with van der Waals surface area (Å²) in [4.78, 5) is 2.21. The molecule has 146 valence electrons. The second kappa shape index (κ2) is 7.25. The van der Waals surface area contributed by atoms with Crippen LogP contribution in [0.15, 0.2) is 24.3 Å². The average molecular weight is 401 g/mol. The molecular formula is C17H18F3N3O3S. The van der Waals surface area contributed by atoms with Gasteiger partial charge in [-0.1, -0.05) is 12.1 Å². The molecule has 4 rings (SSSR count). The lowest BCUT2D eigenvalue weighted by atomic mass is 9.93. The van der Waals surface area contributed by atoms with E-state index in [0.29, 0.717) is 23.9 Å². The summed E-state index contributed by atoms with van der Waals surface area (Å²) < 4.78 is 54.8. The number of aliphatic hydroxyl groups is 1. The van der Waals surface area contributed by atoms with Gasteiger partial charge < -0.3 is 14.6 Å². The molecule has 0 spiro atoms. The second-order valence-electron chi connectivity index (χ2n) is 6.81. The number of aromatic nitrogens is 2. The molecule has 2 bridgehead atoms. The maximum Gasteiger partial charge on any atom is 0.573 e. The Hall–Kier alpha value is -1.91. The minimum Gasteiger partial charge on any atom is -0.471 e. The molecule has 10 heteroatoms. The van der Waals surface area contributed by atoms with E-state index in [4.69, 9.17) is 4.74 Å². The first-order valence-corrected chi connectivity index (χ1v) is 9.34. The van der Waals surface area contributed by atoms with Crippen molar-refractivity contribution in [3.05, 3.63) is 35.5 Å². The smallest absolute Gasteiger partial charge is 0.471 e. The quantitative estimate of drug-likeness (QED) is 0.830. The van der Waals surface area contributed by atoms with Crippen LogP contribution in [0.4, 0.5) is 13.2 Å². The van der Waals surface area contributed by atoms with Gasteiger partial charge >= 0.3 is 6.36 Å². The van der Waals surface area contributed by atoms with E-state index in [1.807, 2.05) is 0 Å². The summed E-state index contributed by atoms with van der Waals surface area (Å²) in [6, 6.07) is 5.61. The highest BCUT2D eigenvalue weighted by atomic mass is 32.1. The van der Waals surface area contributed by atoms with E-state index in [1.165, 1.54) is 24.3 Å². The minimum atomic E-state index is -4.71. The third kappa shape index (κ3) is 4.17. The summed E-state index contributed by atoms with van der Waals surface area (Å²) >= 11 is 1.07. The van der Waals surface area contributed by atoms with E-state index < -0.39 is 6.36 Å². The summed E-state index contributed by atoms with van der Waals surface area (Å²) in [7, 11) is 0. The number of rotatable bonds is 5. The van der Waals surface area contributed by atoms with Gasteiger partial charge in [-0.15, -0.1) is 17.5 Å². The standard InChI is InChI=1S/C17H18F3N3O3S/c18-17(19,20)26-12-4-1-10(2-5-12)9-25-16-15(21-27-22-16)13-6-3-11-7-23(13)8-14(11)24/h1-2,4-5,11,13-14,24H,3,6-9H2/t11-,13?,14+/m1/s1. The minimum absolute atomic E-state index is 0.0784. The SMILES string of the molecule is O[C@H]1CN2C[C@H]1CCC2c1nsnc1OCc1ccc(OC(F)(F)F)cc1. The number of hydrogen-bond acceptors (Lipinski definition) is 7. The molecule has 6 nitrogen and oxygen atoms in total. The van der Waals surface area contributed by atoms with E-state index >= 15 is 0 Å². The molecule has 2 fully saturated rings. The highest BCUT2D eigenvalue weighted by Gasteiger charge is 2.42. The molecule has 2 saturated heterocycles. The number of hydrogen-bond donors (Lipinski definition) is 1. The molecule has 2 aliphatic rings. The van der Waals surface area contributed by atoms with E-state index in [2.05, 4.69) is 18.4 Å². The fourth-order valence-corrected chi connectivity index (χ4v) is 4.27. The van der Waals surface area contributed by atoms with Crippen molar-refractivity contribution >= 4 is 11.7 Å². The van der Waals surface area contributed by atoms with Gasteiger partial charge in [-0.25, -0.2) is 0 Å². The summed E-state index contributed by atoms with van der Waals surface area (Å²) in [6.07, 6.45) is -3.16. The van der Waals surface area contributed by atoms with E-state index in [9.17, 15) is 18.3 Å². The van der Waals surface area contributed by atoms with Gasteiger partial charge in [0.2, 0.25) is 0 Å². The molecule has 1 aromatic carbocycles. The van der Waals surface area contributed by atoms with Gasteiger partial charge in [0.15, 0.2) is 0 Å². The Labute approximate surface area is 157 Å². The molecule has 2 unspecified atom stereocenters. The molecular weight excluding hydrogens is 383 g/mol. The van der Waals surface area contributed by atoms with Crippen LogP contribution in [0.2, 0.25) is 0 Å². The van der Waals surface area contributed by atoms with Gasteiger partial charge in [-0.3, -0.25) is 4.90 Å². The molecule has 1 N–H and O–H groups in total. The van der Waals surface area contributed by atoms with Crippen molar-refractivity contribution in [1.82, 2.24) is 13.6 Å². The normalized spacial score (nSPS) is 27.6. The molecule has 3 heterocycles. The van der Waals surface area contributed by atoms with Crippen molar-refractivity contribution in [3.63, 3.8) is 0 Å². The van der Waals surface area contributed by atoms with Crippen LogP contribution in [0.1, 0.15) is 30.1 Å². The first kappa shape index (κ1) is 18.5. The average Bonchev–Trinajstić information content (AvgIpc) is 3.18. The molecule has 2 aliphatic heterocycles. The number of fused-ring (bicyclic) bond motifs is 2. The van der Waals surface area contributed by atoms with Gasteiger partial charge in [0.1, 0.15) is 18.1 Å². The first-order chi connectivity index (χ1) is 12.9. The highest BCUT2D eigenvalue weighted by molar-refractivity contribution is 6.99. The zero-order valence-electron chi connectivity index (χ0n) is 14.2. The maximum atomic E-state index is 12.2. The number of ether oxygens (including phenoxy) is 2. The molecule has 1 aromatic heterocycles. The van der Waals surface area contributed by atoms with Crippen molar-refractivity contribution < 1.29 is 27.8 Å². The van der Waals surface area contributed by atoms with Crippen molar-refractivity contribution in [2.75, 3.05) is 13.1 Å². The lowest BCUT2D eigenvalue weighted by Crippen LogP contribution is -2.31. The van der Waals surface area contributed by atoms with Gasteiger partial charge in [0, 0.05) is 13.1 Å². The molecule has 4 atom stereocenters. The molecule has 0 saturated carbocycles. The molecule has 0 aliphatic carbocycles. The monoisotopic (exact) mass is 401 g/mol. The fourth-order valence-electron chi connectivity index (χ4n) is 3.72. The van der Waals surface area contributed by atoms with Crippen molar-refractivity contribution in [3.8, 4) is 11.6 Å². The zero-order chi connectivity index (χ0) is 19.0. The van der Waals surface area contributed by atoms with Crippen molar-refractivity contribution in [2.45, 2.75) is 38.0 Å². The van der Waals surface area contributed by atoms with Gasteiger partial charge in [-0.05, 0) is 36.5 Å². The molecule has 0 amide bonds. The summed E-state index contributed by atoms with van der Waals surface area (Å²) in [6.45, 7) is 1.65. The number of piperidine rings is 1. The van der Waals surface area contributed by atoms with Crippen LogP contribution in [0.3, 0.4) is 0 Å². The van der Waals surface area contributed by atoms with Crippen LogP contribution >= 0.6 is 11.7 Å². The topological polar surface area (TPSA) is 67.7 Å². The Kier molecular flexibility index (Phi) is 4.95. The number of benzene rings is 1. The Morgan fingerprint density at radius 1 is 1.15 bits per heavy atom. The van der Waals surface area contributed by atoms with Crippen molar-refractivity contribution in [1.29, 1.82) is 0 Å². The predicted molar refractivity (Wildman–Crippen MR) is 90.4 cm³/mol. The molecule has 2 aromatic rings. The van der Waals surface area contributed by atoms with E-state index in [0.717, 1.165) is 36.8 Å². The van der Waals surface area contributed by atoms with E-state index in [-0.39, 0.29) is 24.5 Å². The summed E-state index contributed by atoms with van der Waals surface area (Å²) in [5.41, 5.74) is 1.47. The fraction of sp³-hybridized carbons (Fsp3) is 0.529. The second-order valence-corrected chi connectivity index (χ2v) is 7.34. The van der Waals surface area contributed by atoms with Crippen LogP contribution in [0, 0.1) is 5.92 Å². The summed E-state index contributed by atoms with van der Waals surface area (Å²) in [5.74, 6) is 0.502. The Morgan fingerprint density at radius 2 is 1.93 bits per heavy atom. The third-order valence-electron chi connectivity index (χ3n) is 5.02.